The first-order chi connectivity index (χ1) is 5.66. The Morgan fingerprint density at radius 2 is 2.33 bits per heavy atom. The molecule has 68 valence electrons. The first-order valence-corrected chi connectivity index (χ1v) is 4.86. The van der Waals surface area contributed by atoms with E-state index < -0.39 is 0 Å². The molecule has 0 aliphatic heterocycles. The smallest absolute Gasteiger partial charge is 0.133 e. The van der Waals surface area contributed by atoms with Crippen molar-refractivity contribution in [2.45, 2.75) is 46.0 Å². The van der Waals surface area contributed by atoms with Crippen LogP contribution in [0, 0.1) is 5.41 Å². The van der Waals surface area contributed by atoms with Gasteiger partial charge in [-0.05, 0) is 18.3 Å². The van der Waals surface area contributed by atoms with E-state index in [-0.39, 0.29) is 5.41 Å². The van der Waals surface area contributed by atoms with Gasteiger partial charge in [0, 0.05) is 12.8 Å². The van der Waals surface area contributed by atoms with Crippen molar-refractivity contribution in [2.24, 2.45) is 5.41 Å². The molecule has 0 spiro atoms. The van der Waals surface area contributed by atoms with E-state index in [9.17, 15) is 4.79 Å². The highest BCUT2D eigenvalue weighted by molar-refractivity contribution is 5.81. The minimum absolute atomic E-state index is 0.187. The normalized spacial score (nSPS) is 30.3. The lowest BCUT2D eigenvalue weighted by atomic mass is 9.88. The molecule has 0 aromatic heterocycles. The molecule has 0 radical (unpaired) electrons. The molecule has 1 saturated carbocycles. The zero-order chi connectivity index (χ0) is 9.03. The summed E-state index contributed by atoms with van der Waals surface area (Å²) in [5, 5.41) is 0. The Morgan fingerprint density at radius 1 is 1.58 bits per heavy atom. The van der Waals surface area contributed by atoms with Crippen molar-refractivity contribution in [3.05, 3.63) is 12.2 Å². The van der Waals surface area contributed by atoms with Crippen molar-refractivity contribution in [1.29, 1.82) is 0 Å². The van der Waals surface area contributed by atoms with Crippen LogP contribution < -0.4 is 0 Å². The molecule has 1 aliphatic carbocycles. The summed E-state index contributed by atoms with van der Waals surface area (Å²) in [5.74, 6) is 0.429. The van der Waals surface area contributed by atoms with E-state index in [2.05, 4.69) is 26.0 Å². The van der Waals surface area contributed by atoms with Gasteiger partial charge in [-0.15, -0.1) is 0 Å². The van der Waals surface area contributed by atoms with Gasteiger partial charge < -0.3 is 0 Å². The number of rotatable bonds is 3. The van der Waals surface area contributed by atoms with Crippen molar-refractivity contribution < 1.29 is 4.79 Å². The van der Waals surface area contributed by atoms with E-state index in [1.54, 1.807) is 0 Å². The standard InChI is InChI=1S/C11H18O/c1-3-4-5-7-11(2)8-6-10(12)9-11/h5,7H,3-4,6,8-9H2,1-2H3/b7-5+/t11-/m1/s1. The van der Waals surface area contributed by atoms with Crippen molar-refractivity contribution in [3.8, 4) is 0 Å². The number of allylic oxidation sites excluding steroid dienone is 2. The molecule has 0 saturated heterocycles. The molecule has 1 nitrogen and oxygen atoms in total. The second-order valence-corrected chi connectivity index (χ2v) is 4.06. The molecule has 0 unspecified atom stereocenters. The van der Waals surface area contributed by atoms with Gasteiger partial charge in [-0.2, -0.15) is 0 Å². The number of unbranched alkanes of at least 4 members (excludes halogenated alkanes) is 1. The number of ketones is 1. The molecule has 1 fully saturated rings. The average Bonchev–Trinajstić information content (AvgIpc) is 2.32. The van der Waals surface area contributed by atoms with Gasteiger partial charge in [0.05, 0.1) is 0 Å². The van der Waals surface area contributed by atoms with Crippen molar-refractivity contribution in [3.63, 3.8) is 0 Å². The molecule has 1 rings (SSSR count). The van der Waals surface area contributed by atoms with Gasteiger partial charge >= 0.3 is 0 Å². The topological polar surface area (TPSA) is 17.1 Å². The second-order valence-electron chi connectivity index (χ2n) is 4.06. The summed E-state index contributed by atoms with van der Waals surface area (Å²) in [6, 6.07) is 0. The summed E-state index contributed by atoms with van der Waals surface area (Å²) in [7, 11) is 0. The number of hydrogen-bond donors (Lipinski definition) is 0. The van der Waals surface area contributed by atoms with Gasteiger partial charge in [-0.3, -0.25) is 4.79 Å². The van der Waals surface area contributed by atoms with E-state index >= 15 is 0 Å². The summed E-state index contributed by atoms with van der Waals surface area (Å²) in [4.78, 5) is 11.1. The maximum atomic E-state index is 11.1. The fraction of sp³-hybridized carbons (Fsp3) is 0.727. The van der Waals surface area contributed by atoms with Gasteiger partial charge in [0.25, 0.3) is 0 Å². The van der Waals surface area contributed by atoms with Gasteiger partial charge in [0.2, 0.25) is 0 Å². The highest BCUT2D eigenvalue weighted by Gasteiger charge is 2.30. The highest BCUT2D eigenvalue weighted by atomic mass is 16.1. The zero-order valence-corrected chi connectivity index (χ0v) is 8.10. The summed E-state index contributed by atoms with van der Waals surface area (Å²) in [5.41, 5.74) is 0.187. The predicted molar refractivity (Wildman–Crippen MR) is 51.0 cm³/mol. The fourth-order valence-corrected chi connectivity index (χ4v) is 1.73. The third-order valence-electron chi connectivity index (χ3n) is 2.55. The van der Waals surface area contributed by atoms with Crippen molar-refractivity contribution in [2.75, 3.05) is 0 Å². The highest BCUT2D eigenvalue weighted by Crippen LogP contribution is 2.36. The van der Waals surface area contributed by atoms with E-state index in [4.69, 9.17) is 0 Å². The third-order valence-corrected chi connectivity index (χ3v) is 2.55. The number of hydrogen-bond acceptors (Lipinski definition) is 1. The lowest BCUT2D eigenvalue weighted by Crippen LogP contribution is -2.07. The number of Topliss-reactive ketones (excluding diaryl/α,β-unsaturated/α-hetero) is 1. The van der Waals surface area contributed by atoms with Crippen LogP contribution in [0.3, 0.4) is 0 Å². The Kier molecular flexibility index (Phi) is 3.07. The van der Waals surface area contributed by atoms with Crippen LogP contribution in [0.2, 0.25) is 0 Å². The molecular formula is C11H18O. The van der Waals surface area contributed by atoms with Crippen LogP contribution >= 0.6 is 0 Å². The molecule has 0 bridgehead atoms. The Bertz CT molecular complexity index is 193. The second kappa shape index (κ2) is 3.88. The van der Waals surface area contributed by atoms with Crippen LogP contribution in [-0.4, -0.2) is 5.78 Å². The first-order valence-electron chi connectivity index (χ1n) is 4.86. The zero-order valence-electron chi connectivity index (χ0n) is 8.10. The van der Waals surface area contributed by atoms with Crippen LogP contribution in [0.5, 0.6) is 0 Å². The SMILES string of the molecule is CCC/C=C/[C@]1(C)CCC(=O)C1. The molecule has 1 heteroatoms. The lowest BCUT2D eigenvalue weighted by molar-refractivity contribution is -0.117. The van der Waals surface area contributed by atoms with Crippen molar-refractivity contribution >= 4 is 5.78 Å². The lowest BCUT2D eigenvalue weighted by Gasteiger charge is -2.16. The van der Waals surface area contributed by atoms with Gasteiger partial charge in [-0.1, -0.05) is 32.4 Å². The first kappa shape index (κ1) is 9.50. The van der Waals surface area contributed by atoms with Gasteiger partial charge in [-0.25, -0.2) is 0 Å². The van der Waals surface area contributed by atoms with Crippen LogP contribution in [-0.2, 0) is 4.79 Å². The molecule has 0 aromatic carbocycles. The summed E-state index contributed by atoms with van der Waals surface area (Å²) < 4.78 is 0. The Balaban J connectivity index is 2.44. The Hall–Kier alpha value is -0.590. The van der Waals surface area contributed by atoms with E-state index in [1.165, 1.54) is 6.42 Å². The molecule has 0 amide bonds. The minimum Gasteiger partial charge on any atom is -0.300 e. The molecule has 0 heterocycles. The van der Waals surface area contributed by atoms with Gasteiger partial charge in [0.1, 0.15) is 5.78 Å². The molecule has 1 aliphatic rings. The molecule has 12 heavy (non-hydrogen) atoms. The van der Waals surface area contributed by atoms with Crippen LogP contribution in [0.1, 0.15) is 46.0 Å². The average molecular weight is 166 g/mol. The van der Waals surface area contributed by atoms with Crippen LogP contribution in [0.15, 0.2) is 12.2 Å². The molecule has 1 atom stereocenters. The van der Waals surface area contributed by atoms with E-state index in [0.717, 1.165) is 25.7 Å². The third kappa shape index (κ3) is 2.47. The van der Waals surface area contributed by atoms with E-state index in [0.29, 0.717) is 5.78 Å². The van der Waals surface area contributed by atoms with E-state index in [1.807, 2.05) is 0 Å². The van der Waals surface area contributed by atoms with Crippen LogP contribution in [0.25, 0.3) is 0 Å². The Morgan fingerprint density at radius 3 is 2.83 bits per heavy atom. The summed E-state index contributed by atoms with van der Waals surface area (Å²) in [6.07, 6.45) is 9.39. The number of carbonyl (C=O) groups is 1. The minimum atomic E-state index is 0.187. The molecule has 0 aromatic rings. The predicted octanol–water partition coefficient (Wildman–Crippen LogP) is 3.10. The molecular weight excluding hydrogens is 148 g/mol. The van der Waals surface area contributed by atoms with Crippen LogP contribution in [0.4, 0.5) is 0 Å². The number of carbonyl (C=O) groups excluding carboxylic acids is 1. The quantitative estimate of drug-likeness (QED) is 0.589. The monoisotopic (exact) mass is 166 g/mol. The molecule has 0 N–H and O–H groups in total. The van der Waals surface area contributed by atoms with Crippen molar-refractivity contribution in [1.82, 2.24) is 0 Å². The maximum Gasteiger partial charge on any atom is 0.133 e. The maximum absolute atomic E-state index is 11.1. The summed E-state index contributed by atoms with van der Waals surface area (Å²) in [6.45, 7) is 4.36. The Labute approximate surface area is 74.9 Å². The summed E-state index contributed by atoms with van der Waals surface area (Å²) >= 11 is 0. The largest absolute Gasteiger partial charge is 0.300 e. The fourth-order valence-electron chi connectivity index (χ4n) is 1.73. The van der Waals surface area contributed by atoms with Gasteiger partial charge in [0.15, 0.2) is 0 Å².